The molecular formula is C27H24GeN3+. The van der Waals surface area contributed by atoms with E-state index in [1.54, 1.807) is 0 Å². The predicted molar refractivity (Wildman–Crippen MR) is 132 cm³/mol. The Bertz CT molecular complexity index is 1740. The third-order valence-corrected chi connectivity index (χ3v) is 11.1. The van der Waals surface area contributed by atoms with E-state index in [0.717, 1.165) is 16.5 Å². The Kier molecular flexibility index (Phi) is 3.60. The number of rotatable bonds is 1. The first-order valence-corrected chi connectivity index (χ1v) is 18.1. The Hall–Kier alpha value is -3.10. The first kappa shape index (κ1) is 18.7. The van der Waals surface area contributed by atoms with Crippen LogP contribution in [0, 0.1) is 18.3 Å². The number of para-hydroxylation sites is 1. The van der Waals surface area contributed by atoms with Crippen molar-refractivity contribution < 1.29 is 4.57 Å². The van der Waals surface area contributed by atoms with Crippen molar-refractivity contribution in [3.05, 3.63) is 65.9 Å². The molecule has 0 bridgehead atoms. The van der Waals surface area contributed by atoms with Crippen molar-refractivity contribution in [1.29, 1.82) is 5.26 Å². The maximum atomic E-state index is 9.86. The first-order valence-electron chi connectivity index (χ1n) is 10.8. The molecule has 31 heavy (non-hydrogen) atoms. The molecule has 0 unspecified atom stereocenters. The topological polar surface area (TPSA) is 32.1 Å². The van der Waals surface area contributed by atoms with Crippen LogP contribution in [0.4, 0.5) is 0 Å². The van der Waals surface area contributed by atoms with E-state index in [0.29, 0.717) is 0 Å². The minimum absolute atomic E-state index is 0.751. The summed E-state index contributed by atoms with van der Waals surface area (Å²) in [4.78, 5) is 0. The van der Waals surface area contributed by atoms with Crippen molar-refractivity contribution in [1.82, 2.24) is 4.40 Å². The van der Waals surface area contributed by atoms with E-state index in [4.69, 9.17) is 0 Å². The van der Waals surface area contributed by atoms with E-state index in [2.05, 4.69) is 101 Å². The quantitative estimate of drug-likeness (QED) is 0.137. The Labute approximate surface area is 183 Å². The van der Waals surface area contributed by atoms with Crippen LogP contribution in [-0.2, 0) is 7.05 Å². The monoisotopic (exact) mass is 464 g/mol. The molecule has 6 rings (SSSR count). The average molecular weight is 463 g/mol. The summed E-state index contributed by atoms with van der Waals surface area (Å²) in [6.07, 6.45) is 2.18. The molecule has 0 saturated heterocycles. The summed E-state index contributed by atoms with van der Waals surface area (Å²) in [6.45, 7) is 2.14. The summed E-state index contributed by atoms with van der Waals surface area (Å²) in [6, 6.07) is 20.0. The van der Waals surface area contributed by atoms with Gasteiger partial charge in [-0.25, -0.2) is 0 Å². The van der Waals surface area contributed by atoms with Crippen molar-refractivity contribution in [2.75, 3.05) is 0 Å². The van der Waals surface area contributed by atoms with Gasteiger partial charge in [0, 0.05) is 0 Å². The standard InChI is InChI=1S/C27H24GeN3/c1-16-14-17(15-29)18-8-7-11-22-24(18)23(16)27-26-20(12-13-30(27)5)19-9-6-10-21(28(2,3)4)25(19)31(22)26/h6-14H,1-5H3/q+1. The second-order valence-corrected chi connectivity index (χ2v) is 20.3. The van der Waals surface area contributed by atoms with Crippen molar-refractivity contribution >= 4 is 66.7 Å². The molecule has 0 atom stereocenters. The van der Waals surface area contributed by atoms with E-state index >= 15 is 0 Å². The number of benzene rings is 3. The second kappa shape index (κ2) is 5.99. The van der Waals surface area contributed by atoms with Gasteiger partial charge in [0.2, 0.25) is 0 Å². The van der Waals surface area contributed by atoms with Gasteiger partial charge < -0.3 is 0 Å². The third-order valence-electron chi connectivity index (χ3n) is 6.81. The van der Waals surface area contributed by atoms with Crippen LogP contribution in [0.2, 0.25) is 17.3 Å². The first-order chi connectivity index (χ1) is 14.8. The SMILES string of the molecule is Cc1cc(C#N)c2cccc3c2c1c1c2c(cc[n+]1C)c1ccc[c]([Ge]([CH3])([CH3])[CH3])c1n32. The van der Waals surface area contributed by atoms with Gasteiger partial charge in [-0.15, -0.1) is 0 Å². The number of aryl methyl sites for hydroxylation is 2. The summed E-state index contributed by atoms with van der Waals surface area (Å²) in [5, 5.41) is 16.0. The normalized spacial score (nSPS) is 12.6. The van der Waals surface area contributed by atoms with Gasteiger partial charge in [0.05, 0.1) is 0 Å². The fourth-order valence-electron chi connectivity index (χ4n) is 5.51. The van der Waals surface area contributed by atoms with Gasteiger partial charge in [0.25, 0.3) is 0 Å². The summed E-state index contributed by atoms with van der Waals surface area (Å²) in [5.41, 5.74) is 6.99. The van der Waals surface area contributed by atoms with Crippen LogP contribution in [0.1, 0.15) is 11.1 Å². The number of fused-ring (bicyclic) bond motifs is 5. The molecule has 0 saturated carbocycles. The van der Waals surface area contributed by atoms with Crippen LogP contribution in [0.25, 0.3) is 49.0 Å². The maximum absolute atomic E-state index is 9.86. The molecular weight excluding hydrogens is 439 g/mol. The molecule has 3 nitrogen and oxygen atoms in total. The average Bonchev–Trinajstić information content (AvgIpc) is 3.08. The summed E-state index contributed by atoms with van der Waals surface area (Å²) >= 11 is -2.16. The summed E-state index contributed by atoms with van der Waals surface area (Å²) in [5.74, 6) is 7.40. The summed E-state index contributed by atoms with van der Waals surface area (Å²) < 4.78 is 6.28. The van der Waals surface area contributed by atoms with Crippen LogP contribution < -0.4 is 8.96 Å². The van der Waals surface area contributed by atoms with Crippen LogP contribution in [0.3, 0.4) is 0 Å². The van der Waals surface area contributed by atoms with Crippen molar-refractivity contribution in [3.8, 4) is 6.07 Å². The van der Waals surface area contributed by atoms with Crippen LogP contribution in [-0.4, -0.2) is 17.7 Å². The molecule has 0 amide bonds. The number of pyridine rings is 2. The fraction of sp³-hybridized carbons (Fsp3) is 0.185. The van der Waals surface area contributed by atoms with Gasteiger partial charge in [-0.1, -0.05) is 0 Å². The Morgan fingerprint density at radius 1 is 0.903 bits per heavy atom. The van der Waals surface area contributed by atoms with Gasteiger partial charge in [0.1, 0.15) is 0 Å². The Morgan fingerprint density at radius 2 is 1.61 bits per heavy atom. The Balaban J connectivity index is 2.10. The van der Waals surface area contributed by atoms with Crippen LogP contribution in [0.5, 0.6) is 0 Å². The van der Waals surface area contributed by atoms with Gasteiger partial charge in [-0.05, 0) is 0 Å². The van der Waals surface area contributed by atoms with E-state index in [-0.39, 0.29) is 0 Å². The molecule has 3 aromatic heterocycles. The zero-order valence-corrected chi connectivity index (χ0v) is 20.6. The molecule has 0 aliphatic heterocycles. The van der Waals surface area contributed by atoms with Crippen molar-refractivity contribution in [3.63, 3.8) is 0 Å². The molecule has 3 heterocycles. The van der Waals surface area contributed by atoms with Crippen molar-refractivity contribution in [2.24, 2.45) is 7.05 Å². The number of nitriles is 1. The minimum atomic E-state index is -2.16. The molecule has 0 fully saturated rings. The fourth-order valence-corrected chi connectivity index (χ4v) is 8.77. The van der Waals surface area contributed by atoms with Crippen LogP contribution >= 0.6 is 0 Å². The van der Waals surface area contributed by atoms with E-state index in [1.165, 1.54) is 48.0 Å². The zero-order valence-electron chi connectivity index (χ0n) is 18.5. The Morgan fingerprint density at radius 3 is 2.35 bits per heavy atom. The van der Waals surface area contributed by atoms with Gasteiger partial charge in [0.15, 0.2) is 0 Å². The number of aromatic nitrogens is 2. The van der Waals surface area contributed by atoms with Crippen LogP contribution in [0.15, 0.2) is 54.7 Å². The van der Waals surface area contributed by atoms with Gasteiger partial charge >= 0.3 is 184 Å². The molecule has 0 aliphatic carbocycles. The molecule has 150 valence electrons. The van der Waals surface area contributed by atoms with E-state index in [9.17, 15) is 5.26 Å². The number of hydrogen-bond acceptors (Lipinski definition) is 1. The second-order valence-electron chi connectivity index (χ2n) is 9.75. The zero-order chi connectivity index (χ0) is 21.7. The molecule has 0 aliphatic rings. The molecule has 3 aromatic carbocycles. The predicted octanol–water partition coefficient (Wildman–Crippen LogP) is 5.54. The summed E-state index contributed by atoms with van der Waals surface area (Å²) in [7, 11) is 2.14. The molecule has 0 N–H and O–H groups in total. The number of nitrogens with zero attached hydrogens (tertiary/aromatic N) is 3. The van der Waals surface area contributed by atoms with Gasteiger partial charge in [-0.2, -0.15) is 0 Å². The molecule has 6 aromatic rings. The number of hydrogen-bond donors (Lipinski definition) is 0. The van der Waals surface area contributed by atoms with Gasteiger partial charge in [-0.3, -0.25) is 0 Å². The molecule has 0 radical (unpaired) electrons. The third kappa shape index (κ3) is 2.26. The van der Waals surface area contributed by atoms with E-state index < -0.39 is 13.3 Å². The van der Waals surface area contributed by atoms with Crippen molar-refractivity contribution in [2.45, 2.75) is 24.2 Å². The molecule has 0 spiro atoms. The van der Waals surface area contributed by atoms with E-state index in [1.807, 2.05) is 0 Å². The molecule has 4 heteroatoms.